The van der Waals surface area contributed by atoms with Gasteiger partial charge in [-0.25, -0.2) is 0 Å². The fourth-order valence-electron chi connectivity index (χ4n) is 1.12. The molecular formula is C9H18N4OS. The average molecular weight is 230 g/mol. The van der Waals surface area contributed by atoms with E-state index in [1.165, 1.54) is 0 Å². The van der Waals surface area contributed by atoms with Gasteiger partial charge in [0.2, 0.25) is 0 Å². The van der Waals surface area contributed by atoms with E-state index in [-0.39, 0.29) is 0 Å². The van der Waals surface area contributed by atoms with Crippen LogP contribution < -0.4 is 5.73 Å². The molecule has 0 amide bonds. The van der Waals surface area contributed by atoms with Crippen molar-refractivity contribution in [2.75, 3.05) is 12.3 Å². The minimum absolute atomic E-state index is 0.307. The van der Waals surface area contributed by atoms with Crippen LogP contribution in [0.2, 0.25) is 0 Å². The van der Waals surface area contributed by atoms with Crippen molar-refractivity contribution in [1.82, 2.24) is 14.8 Å². The molecule has 0 aromatic carbocycles. The first-order valence-electron chi connectivity index (χ1n) is 4.94. The molecular weight excluding hydrogens is 212 g/mol. The summed E-state index contributed by atoms with van der Waals surface area (Å²) < 4.78 is 1.88. The van der Waals surface area contributed by atoms with Crippen LogP contribution >= 0.6 is 11.8 Å². The molecule has 6 heteroatoms. The topological polar surface area (TPSA) is 77.0 Å². The van der Waals surface area contributed by atoms with Crippen LogP contribution in [-0.4, -0.2) is 37.8 Å². The molecule has 1 rings (SSSR count). The highest BCUT2D eigenvalue weighted by Crippen LogP contribution is 2.18. The standard InChI is InChI=1S/C9H18N4OS/c1-9(14,6-10)4-3-5-15-8-12-11-7-13(8)2/h7,14H,3-6,10H2,1-2H3. The maximum absolute atomic E-state index is 9.67. The molecule has 5 nitrogen and oxygen atoms in total. The third-order valence-electron chi connectivity index (χ3n) is 2.20. The van der Waals surface area contributed by atoms with Crippen molar-refractivity contribution < 1.29 is 5.11 Å². The lowest BCUT2D eigenvalue weighted by Gasteiger charge is -2.20. The summed E-state index contributed by atoms with van der Waals surface area (Å²) in [6, 6.07) is 0. The van der Waals surface area contributed by atoms with Crippen molar-refractivity contribution in [3.63, 3.8) is 0 Å². The Morgan fingerprint density at radius 3 is 2.93 bits per heavy atom. The van der Waals surface area contributed by atoms with Crippen LogP contribution in [0.5, 0.6) is 0 Å². The zero-order valence-electron chi connectivity index (χ0n) is 9.18. The van der Waals surface area contributed by atoms with Crippen LogP contribution in [0.4, 0.5) is 0 Å². The van der Waals surface area contributed by atoms with Crippen molar-refractivity contribution in [3.05, 3.63) is 6.33 Å². The highest BCUT2D eigenvalue weighted by atomic mass is 32.2. The summed E-state index contributed by atoms with van der Waals surface area (Å²) in [5, 5.41) is 18.3. The molecule has 0 saturated carbocycles. The Hall–Kier alpha value is -0.590. The Morgan fingerprint density at radius 1 is 1.67 bits per heavy atom. The van der Waals surface area contributed by atoms with Gasteiger partial charge in [0.1, 0.15) is 6.33 Å². The highest BCUT2D eigenvalue weighted by Gasteiger charge is 2.16. The Bertz CT molecular complexity index is 300. The maximum Gasteiger partial charge on any atom is 0.190 e. The van der Waals surface area contributed by atoms with Crippen molar-refractivity contribution >= 4 is 11.8 Å². The van der Waals surface area contributed by atoms with Gasteiger partial charge in [-0.05, 0) is 19.8 Å². The van der Waals surface area contributed by atoms with Gasteiger partial charge in [0.15, 0.2) is 5.16 Å². The van der Waals surface area contributed by atoms with E-state index in [4.69, 9.17) is 5.73 Å². The quantitative estimate of drug-likeness (QED) is 0.546. The lowest BCUT2D eigenvalue weighted by atomic mass is 10.0. The van der Waals surface area contributed by atoms with E-state index < -0.39 is 5.60 Å². The van der Waals surface area contributed by atoms with Gasteiger partial charge < -0.3 is 15.4 Å². The Morgan fingerprint density at radius 2 is 2.40 bits per heavy atom. The molecule has 15 heavy (non-hydrogen) atoms. The molecule has 1 atom stereocenters. The third-order valence-corrected chi connectivity index (χ3v) is 3.32. The minimum Gasteiger partial charge on any atom is -0.389 e. The van der Waals surface area contributed by atoms with E-state index >= 15 is 0 Å². The third kappa shape index (κ3) is 4.19. The van der Waals surface area contributed by atoms with Gasteiger partial charge in [0.25, 0.3) is 0 Å². The molecule has 0 saturated heterocycles. The molecule has 0 aliphatic rings. The molecule has 0 aliphatic carbocycles. The molecule has 0 bridgehead atoms. The normalized spacial score (nSPS) is 15.2. The molecule has 1 unspecified atom stereocenters. The van der Waals surface area contributed by atoms with Crippen LogP contribution in [0.1, 0.15) is 19.8 Å². The fraction of sp³-hybridized carbons (Fsp3) is 0.778. The smallest absolute Gasteiger partial charge is 0.190 e. The van der Waals surface area contributed by atoms with Crippen LogP contribution in [0.3, 0.4) is 0 Å². The van der Waals surface area contributed by atoms with Crippen molar-refractivity contribution in [1.29, 1.82) is 0 Å². The molecule has 3 N–H and O–H groups in total. The molecule has 1 aromatic rings. The van der Waals surface area contributed by atoms with Crippen LogP contribution in [0.25, 0.3) is 0 Å². The number of rotatable bonds is 6. The first-order chi connectivity index (χ1) is 7.05. The molecule has 1 heterocycles. The van der Waals surface area contributed by atoms with E-state index in [0.717, 1.165) is 17.3 Å². The molecule has 86 valence electrons. The second kappa shape index (κ2) is 5.48. The zero-order valence-corrected chi connectivity index (χ0v) is 10.00. The van der Waals surface area contributed by atoms with Crippen LogP contribution in [0.15, 0.2) is 11.5 Å². The second-order valence-electron chi connectivity index (χ2n) is 3.88. The predicted octanol–water partition coefficient (Wildman–Crippen LogP) is 0.397. The number of aliphatic hydroxyl groups is 1. The Balaban J connectivity index is 2.20. The van der Waals surface area contributed by atoms with E-state index in [9.17, 15) is 5.11 Å². The van der Waals surface area contributed by atoms with Crippen molar-refractivity contribution in [2.45, 2.75) is 30.5 Å². The SMILES string of the molecule is Cn1cnnc1SCCCC(C)(O)CN. The number of hydrogen-bond donors (Lipinski definition) is 2. The molecule has 1 aromatic heterocycles. The summed E-state index contributed by atoms with van der Waals surface area (Å²) in [5.41, 5.74) is 4.69. The van der Waals surface area contributed by atoms with E-state index in [2.05, 4.69) is 10.2 Å². The highest BCUT2D eigenvalue weighted by molar-refractivity contribution is 7.99. The first kappa shape index (κ1) is 12.5. The average Bonchev–Trinajstić information content (AvgIpc) is 2.59. The van der Waals surface area contributed by atoms with E-state index in [0.29, 0.717) is 13.0 Å². The van der Waals surface area contributed by atoms with E-state index in [1.54, 1.807) is 25.0 Å². The fourth-order valence-corrected chi connectivity index (χ4v) is 1.95. The largest absolute Gasteiger partial charge is 0.389 e. The lowest BCUT2D eigenvalue weighted by Crippen LogP contribution is -2.34. The number of aryl methyl sites for hydroxylation is 1. The summed E-state index contributed by atoms with van der Waals surface area (Å²) in [6.07, 6.45) is 3.31. The van der Waals surface area contributed by atoms with Crippen LogP contribution in [0, 0.1) is 0 Å². The molecule has 0 aliphatic heterocycles. The van der Waals surface area contributed by atoms with Gasteiger partial charge in [-0.3, -0.25) is 0 Å². The molecule has 0 spiro atoms. The van der Waals surface area contributed by atoms with Gasteiger partial charge in [-0.15, -0.1) is 10.2 Å². The van der Waals surface area contributed by atoms with Gasteiger partial charge in [-0.2, -0.15) is 0 Å². The molecule has 0 fully saturated rings. The Kier molecular flexibility index (Phi) is 4.56. The second-order valence-corrected chi connectivity index (χ2v) is 4.94. The number of hydrogen-bond acceptors (Lipinski definition) is 5. The van der Waals surface area contributed by atoms with Gasteiger partial charge in [0, 0.05) is 19.3 Å². The van der Waals surface area contributed by atoms with E-state index in [1.807, 2.05) is 11.6 Å². The van der Waals surface area contributed by atoms with Gasteiger partial charge in [-0.1, -0.05) is 11.8 Å². The summed E-state index contributed by atoms with van der Waals surface area (Å²) in [6.45, 7) is 2.07. The zero-order chi connectivity index (χ0) is 11.3. The Labute approximate surface area is 94.1 Å². The number of nitrogens with zero attached hydrogens (tertiary/aromatic N) is 3. The predicted molar refractivity (Wildman–Crippen MR) is 60.6 cm³/mol. The monoisotopic (exact) mass is 230 g/mol. The number of nitrogens with two attached hydrogens (primary N) is 1. The first-order valence-corrected chi connectivity index (χ1v) is 5.93. The van der Waals surface area contributed by atoms with Crippen LogP contribution in [-0.2, 0) is 7.05 Å². The number of aromatic nitrogens is 3. The van der Waals surface area contributed by atoms with Crippen molar-refractivity contribution in [3.8, 4) is 0 Å². The minimum atomic E-state index is -0.736. The summed E-state index contributed by atoms with van der Waals surface area (Å²) in [7, 11) is 1.92. The summed E-state index contributed by atoms with van der Waals surface area (Å²) in [4.78, 5) is 0. The maximum atomic E-state index is 9.67. The molecule has 0 radical (unpaired) electrons. The van der Waals surface area contributed by atoms with Gasteiger partial charge in [0.05, 0.1) is 5.60 Å². The van der Waals surface area contributed by atoms with Gasteiger partial charge >= 0.3 is 0 Å². The summed E-state index contributed by atoms with van der Waals surface area (Å²) >= 11 is 1.64. The van der Waals surface area contributed by atoms with Crippen molar-refractivity contribution in [2.24, 2.45) is 12.8 Å². The lowest BCUT2D eigenvalue weighted by molar-refractivity contribution is 0.0596. The summed E-state index contributed by atoms with van der Waals surface area (Å²) in [5.74, 6) is 0.919. The number of thioether (sulfide) groups is 1.